The Hall–Kier alpha value is -4.66. The molecule has 4 aliphatic carbocycles. The van der Waals surface area contributed by atoms with E-state index in [1.807, 2.05) is 0 Å². The molecule has 4 aliphatic rings. The summed E-state index contributed by atoms with van der Waals surface area (Å²) in [6.07, 6.45) is 12.9. The Bertz CT molecular complexity index is 1990. The first-order chi connectivity index (χ1) is 32.7. The number of hydrogen-bond donors (Lipinski definition) is 10. The van der Waals surface area contributed by atoms with Crippen molar-refractivity contribution in [3.63, 3.8) is 0 Å². The maximum Gasteiger partial charge on any atom is 0.488 e. The number of nitrogens with one attached hydrogen (secondary N) is 5. The molecule has 0 bridgehead atoms. The molecular formula is C49H77BN6O13. The van der Waals surface area contributed by atoms with Crippen molar-refractivity contribution in [1.82, 2.24) is 26.6 Å². The van der Waals surface area contributed by atoms with Gasteiger partial charge in [-0.05, 0) is 174 Å². The van der Waals surface area contributed by atoms with Crippen molar-refractivity contribution in [3.8, 4) is 0 Å². The molecule has 384 valence electrons. The highest BCUT2D eigenvalue weighted by atomic mass is 16.6. The number of non-ortho nitro benzene ring substituents is 1. The minimum atomic E-state index is -2.02. The monoisotopic (exact) mass is 969 g/mol. The zero-order valence-electron chi connectivity index (χ0n) is 40.9. The predicted octanol–water partition coefficient (Wildman–Crippen LogP) is 3.40. The number of nitrogens with zero attached hydrogens (tertiary/aromatic N) is 1. The van der Waals surface area contributed by atoms with Crippen LogP contribution >= 0.6 is 0 Å². The standard InChI is InChI=1S/C49H77BN6O13/c1-29(36-14-15-37-35-13-12-31-27-34(57)19-21-48(31,2)38(35)20-22-49(36,37)3)11-17-43(59)54-41(47(64)65)16-18-42(58)52-23-7-5-9-39(51-4)45(61)55-40(46(62)63)10-6-8-24-53-44(60)30-25-32(50(66)67)28-33(26-30)56(68)69/h25-26,28-29,31,34-41,51,57,66-67H,5-24,27H2,1-4H3,(H,52,58)(H,53,60)(H,54,59)(H,55,61)(H,62,63)(H,64,65)/t29?,31?,34?,35?,36?,37?,38?,39?,40?,41?,48-,49+/m1/s1. The van der Waals surface area contributed by atoms with E-state index < -0.39 is 59.6 Å². The molecule has 4 saturated carbocycles. The van der Waals surface area contributed by atoms with E-state index in [-0.39, 0.29) is 73.1 Å². The number of nitro groups is 1. The number of aliphatic hydroxyl groups excluding tert-OH is 1. The van der Waals surface area contributed by atoms with Crippen LogP contribution in [0.25, 0.3) is 0 Å². The number of benzene rings is 1. The number of aliphatic hydroxyl groups is 1. The van der Waals surface area contributed by atoms with Crippen LogP contribution in [0.2, 0.25) is 0 Å². The number of carboxylic acid groups (broad SMARTS) is 2. The van der Waals surface area contributed by atoms with Gasteiger partial charge in [0.2, 0.25) is 17.7 Å². The van der Waals surface area contributed by atoms with Gasteiger partial charge in [-0.25, -0.2) is 9.59 Å². The molecule has 0 heterocycles. The predicted molar refractivity (Wildman–Crippen MR) is 257 cm³/mol. The van der Waals surface area contributed by atoms with Crippen molar-refractivity contribution in [2.24, 2.45) is 46.3 Å². The largest absolute Gasteiger partial charge is 0.488 e. The second-order valence-corrected chi connectivity index (χ2v) is 21.1. The lowest BCUT2D eigenvalue weighted by molar-refractivity contribution is -0.384. The maximum atomic E-state index is 13.1. The van der Waals surface area contributed by atoms with Crippen LogP contribution in [-0.4, -0.2) is 117 Å². The third kappa shape index (κ3) is 14.2. The number of rotatable bonds is 26. The first kappa shape index (κ1) is 55.3. The van der Waals surface area contributed by atoms with Crippen molar-refractivity contribution in [2.45, 2.75) is 167 Å². The summed E-state index contributed by atoms with van der Waals surface area (Å²) in [4.78, 5) is 85.8. The number of amides is 4. The number of hydrogen-bond acceptors (Lipinski definition) is 12. The average Bonchev–Trinajstić information content (AvgIpc) is 3.67. The summed E-state index contributed by atoms with van der Waals surface area (Å²) in [6.45, 7) is 7.60. The number of carbonyl (C=O) groups excluding carboxylic acids is 4. The fourth-order valence-electron chi connectivity index (χ4n) is 13.1. The maximum absolute atomic E-state index is 13.1. The Morgan fingerprint density at radius 1 is 0.754 bits per heavy atom. The van der Waals surface area contributed by atoms with Crippen LogP contribution in [-0.2, 0) is 24.0 Å². The Labute approximate surface area is 405 Å². The number of carbonyl (C=O) groups is 6. The molecule has 0 saturated heterocycles. The minimum absolute atomic E-state index is 0.0539. The highest BCUT2D eigenvalue weighted by Crippen LogP contribution is 2.68. The van der Waals surface area contributed by atoms with E-state index in [9.17, 15) is 64.2 Å². The number of unbranched alkanes of at least 4 members (excludes halogenated alkanes) is 2. The lowest BCUT2D eigenvalue weighted by atomic mass is 9.44. The molecule has 4 amide bonds. The van der Waals surface area contributed by atoms with Crippen molar-refractivity contribution in [1.29, 1.82) is 0 Å². The average molecular weight is 969 g/mol. The van der Waals surface area contributed by atoms with Gasteiger partial charge in [0, 0.05) is 43.6 Å². The molecule has 0 spiro atoms. The van der Waals surface area contributed by atoms with Gasteiger partial charge >= 0.3 is 19.1 Å². The number of nitro benzene ring substituents is 1. The summed E-state index contributed by atoms with van der Waals surface area (Å²) in [5.41, 5.74) is -0.305. The third-order valence-corrected chi connectivity index (χ3v) is 17.0. The molecule has 20 heteroatoms. The van der Waals surface area contributed by atoms with Crippen LogP contribution in [0, 0.1) is 56.5 Å². The molecule has 69 heavy (non-hydrogen) atoms. The highest BCUT2D eigenvalue weighted by Gasteiger charge is 2.60. The van der Waals surface area contributed by atoms with Crippen LogP contribution < -0.4 is 32.0 Å². The Balaban J connectivity index is 0.952. The molecule has 4 fully saturated rings. The summed E-state index contributed by atoms with van der Waals surface area (Å²) in [5, 5.41) is 73.4. The van der Waals surface area contributed by atoms with Gasteiger partial charge < -0.3 is 52.0 Å². The van der Waals surface area contributed by atoms with E-state index in [0.717, 1.165) is 55.7 Å². The molecule has 12 atom stereocenters. The SMILES string of the molecule is CNC(CCCCNC(=O)CCC(NC(=O)CCC(C)C1CCC2C3CCC4CC(O)CC[C@@]4(C)C3CC[C@@]12C)C(=O)O)C(=O)NC(CCCCNC(=O)c1cc(B(O)O)cc([N+](=O)[O-])c1)C(=O)O. The van der Waals surface area contributed by atoms with Gasteiger partial charge in [-0.2, -0.15) is 0 Å². The quantitative estimate of drug-likeness (QED) is 0.0276. The number of fused-ring (bicyclic) bond motifs is 5. The first-order valence-corrected chi connectivity index (χ1v) is 25.3. The lowest BCUT2D eigenvalue weighted by Gasteiger charge is -2.61. The fourth-order valence-corrected chi connectivity index (χ4v) is 13.1. The van der Waals surface area contributed by atoms with Crippen LogP contribution in [0.5, 0.6) is 0 Å². The molecule has 0 aromatic heterocycles. The molecule has 1 aromatic carbocycles. The van der Waals surface area contributed by atoms with Crippen molar-refractivity contribution in [3.05, 3.63) is 33.9 Å². The molecule has 5 rings (SSSR count). The Morgan fingerprint density at radius 3 is 2.03 bits per heavy atom. The molecule has 10 N–H and O–H groups in total. The van der Waals surface area contributed by atoms with Crippen LogP contribution in [0.3, 0.4) is 0 Å². The van der Waals surface area contributed by atoms with E-state index in [1.54, 1.807) is 7.05 Å². The van der Waals surface area contributed by atoms with Crippen molar-refractivity contribution < 1.29 is 59.1 Å². The second kappa shape index (κ2) is 24.9. The van der Waals surface area contributed by atoms with Gasteiger partial charge in [0.15, 0.2) is 0 Å². The zero-order chi connectivity index (χ0) is 50.6. The van der Waals surface area contributed by atoms with Crippen molar-refractivity contribution in [2.75, 3.05) is 20.1 Å². The van der Waals surface area contributed by atoms with Gasteiger partial charge in [-0.3, -0.25) is 29.3 Å². The van der Waals surface area contributed by atoms with Crippen LogP contribution in [0.4, 0.5) is 5.69 Å². The summed E-state index contributed by atoms with van der Waals surface area (Å²) in [7, 11) is -0.451. The fraction of sp³-hybridized carbons (Fsp3) is 0.755. The lowest BCUT2D eigenvalue weighted by Crippen LogP contribution is -2.54. The van der Waals surface area contributed by atoms with Gasteiger partial charge in [0.05, 0.1) is 17.1 Å². The number of likely N-dealkylation sites (N-methyl/N-ethyl adjacent to an activating group) is 1. The van der Waals surface area contributed by atoms with Crippen LogP contribution in [0.1, 0.15) is 153 Å². The van der Waals surface area contributed by atoms with E-state index in [2.05, 4.69) is 47.4 Å². The van der Waals surface area contributed by atoms with E-state index in [4.69, 9.17) is 0 Å². The van der Waals surface area contributed by atoms with E-state index in [0.29, 0.717) is 67.6 Å². The van der Waals surface area contributed by atoms with E-state index in [1.165, 1.54) is 32.1 Å². The first-order valence-electron chi connectivity index (χ1n) is 25.3. The van der Waals surface area contributed by atoms with Crippen LogP contribution in [0.15, 0.2) is 18.2 Å². The Morgan fingerprint density at radius 2 is 1.38 bits per heavy atom. The number of carboxylic acids is 2. The van der Waals surface area contributed by atoms with Gasteiger partial charge in [-0.1, -0.05) is 20.8 Å². The van der Waals surface area contributed by atoms with Crippen molar-refractivity contribution >= 4 is 53.8 Å². The summed E-state index contributed by atoms with van der Waals surface area (Å²) < 4.78 is 0. The summed E-state index contributed by atoms with van der Waals surface area (Å²) >= 11 is 0. The summed E-state index contributed by atoms with van der Waals surface area (Å²) in [5.74, 6) is -0.754. The zero-order valence-corrected chi connectivity index (χ0v) is 40.9. The molecule has 1 aromatic rings. The topological polar surface area (TPSA) is 307 Å². The van der Waals surface area contributed by atoms with E-state index >= 15 is 0 Å². The normalized spacial score (nSPS) is 27.8. The molecular weight excluding hydrogens is 891 g/mol. The van der Waals surface area contributed by atoms with Gasteiger partial charge in [0.25, 0.3) is 11.6 Å². The third-order valence-electron chi connectivity index (χ3n) is 17.0. The smallest absolute Gasteiger partial charge is 0.480 e. The second-order valence-electron chi connectivity index (χ2n) is 21.1. The minimum Gasteiger partial charge on any atom is -0.480 e. The number of aliphatic carboxylic acids is 2. The Kier molecular flexibility index (Phi) is 20.0. The van der Waals surface area contributed by atoms with Gasteiger partial charge in [-0.15, -0.1) is 0 Å². The molecule has 0 aliphatic heterocycles. The molecule has 10 unspecified atom stereocenters. The summed E-state index contributed by atoms with van der Waals surface area (Å²) in [6, 6.07) is -0.0736. The highest BCUT2D eigenvalue weighted by molar-refractivity contribution is 6.58. The molecule has 19 nitrogen and oxygen atoms in total. The molecule has 0 radical (unpaired) electrons. The van der Waals surface area contributed by atoms with Gasteiger partial charge in [0.1, 0.15) is 12.1 Å².